The van der Waals surface area contributed by atoms with Gasteiger partial charge < -0.3 is 4.74 Å². The number of carbonyl (C=O) groups is 1. The zero-order valence-corrected chi connectivity index (χ0v) is 19.6. The molecule has 0 aliphatic carbocycles. The molecule has 0 aliphatic heterocycles. The van der Waals surface area contributed by atoms with Crippen molar-refractivity contribution in [2.45, 2.75) is 0 Å². The molecule has 1 amide bonds. The fraction of sp³-hybridized carbons (Fsp3) is 0.0909. The molecule has 0 radical (unpaired) electrons. The van der Waals surface area contributed by atoms with Gasteiger partial charge in [-0.25, -0.2) is 22.2 Å². The van der Waals surface area contributed by atoms with E-state index < -0.39 is 21.7 Å². The van der Waals surface area contributed by atoms with E-state index in [2.05, 4.69) is 5.10 Å². The topological polar surface area (TPSA) is 90.3 Å². The number of methoxy groups -OCH3 is 1. The molecule has 170 valence electrons. The Kier molecular flexibility index (Phi) is 6.04. The lowest BCUT2D eigenvalue weighted by Gasteiger charge is -2.10. The number of hydrogen-bond donors (Lipinski definition) is 1. The first kappa shape index (κ1) is 23.0. The van der Waals surface area contributed by atoms with Crippen LogP contribution in [0, 0.1) is 5.82 Å². The van der Waals surface area contributed by atoms with Crippen molar-refractivity contribution in [3.8, 4) is 22.7 Å². The van der Waals surface area contributed by atoms with Crippen molar-refractivity contribution >= 4 is 50.0 Å². The van der Waals surface area contributed by atoms with Crippen LogP contribution in [0.15, 0.2) is 54.6 Å². The largest absolute Gasteiger partial charge is 0.497 e. The van der Waals surface area contributed by atoms with E-state index in [-0.39, 0.29) is 16.3 Å². The average molecular weight is 508 g/mol. The molecule has 0 saturated heterocycles. The second-order valence-electron chi connectivity index (χ2n) is 7.14. The Hall–Kier alpha value is -3.14. The minimum Gasteiger partial charge on any atom is -0.497 e. The SMILES string of the molecule is COc1ccc(-c2nn(-c3cc(Cl)c(C(=O)NS(C)(=O)=O)cc3F)c3ccc(Cl)cc23)cc1. The summed E-state index contributed by atoms with van der Waals surface area (Å²) in [6.45, 7) is 0. The number of amides is 1. The summed E-state index contributed by atoms with van der Waals surface area (Å²) in [6, 6.07) is 14.3. The van der Waals surface area contributed by atoms with E-state index in [0.29, 0.717) is 27.4 Å². The van der Waals surface area contributed by atoms with Crippen LogP contribution in [0.5, 0.6) is 5.75 Å². The van der Waals surface area contributed by atoms with Crippen LogP contribution in [-0.4, -0.2) is 37.5 Å². The molecular formula is C22H16Cl2FN3O4S. The molecule has 4 rings (SSSR count). The first-order chi connectivity index (χ1) is 15.6. The standard InChI is InChI=1S/C22H16Cl2FN3O4S/c1-32-14-6-3-12(4-7-14)21-16-9-13(23)5-8-19(16)28(26-21)20-11-17(24)15(10-18(20)25)22(29)27-33(2,30)31/h3-11H,1-2H3,(H,27,29). The number of nitrogens with zero attached hydrogens (tertiary/aromatic N) is 2. The Morgan fingerprint density at radius 2 is 1.79 bits per heavy atom. The highest BCUT2D eigenvalue weighted by atomic mass is 35.5. The molecule has 1 N–H and O–H groups in total. The molecule has 0 fully saturated rings. The van der Waals surface area contributed by atoms with Gasteiger partial charge in [0, 0.05) is 16.0 Å². The van der Waals surface area contributed by atoms with Crippen LogP contribution in [0.2, 0.25) is 10.0 Å². The number of benzene rings is 3. The monoisotopic (exact) mass is 507 g/mol. The number of rotatable bonds is 5. The van der Waals surface area contributed by atoms with Gasteiger partial charge in [-0.15, -0.1) is 0 Å². The quantitative estimate of drug-likeness (QED) is 0.417. The van der Waals surface area contributed by atoms with Crippen LogP contribution >= 0.6 is 23.2 Å². The van der Waals surface area contributed by atoms with E-state index in [0.717, 1.165) is 17.9 Å². The highest BCUT2D eigenvalue weighted by Gasteiger charge is 2.21. The molecule has 1 heterocycles. The van der Waals surface area contributed by atoms with Gasteiger partial charge in [-0.1, -0.05) is 23.2 Å². The maximum absolute atomic E-state index is 15.1. The number of hydrogen-bond acceptors (Lipinski definition) is 5. The number of fused-ring (bicyclic) bond motifs is 1. The fourth-order valence-corrected chi connectivity index (χ4v) is 4.19. The zero-order valence-electron chi connectivity index (χ0n) is 17.3. The molecule has 4 aromatic rings. The lowest BCUT2D eigenvalue weighted by Crippen LogP contribution is -2.29. The van der Waals surface area contributed by atoms with Crippen LogP contribution in [0.3, 0.4) is 0 Å². The molecule has 0 atom stereocenters. The number of sulfonamides is 1. The predicted octanol–water partition coefficient (Wildman–Crippen LogP) is 4.84. The number of carbonyl (C=O) groups excluding carboxylic acids is 1. The summed E-state index contributed by atoms with van der Waals surface area (Å²) in [6.07, 6.45) is 0.811. The molecular weight excluding hydrogens is 492 g/mol. The zero-order chi connectivity index (χ0) is 23.9. The first-order valence-corrected chi connectivity index (χ1v) is 12.1. The fourth-order valence-electron chi connectivity index (χ4n) is 3.33. The molecule has 3 aromatic carbocycles. The number of ether oxygens (including phenoxy) is 1. The van der Waals surface area contributed by atoms with Crippen LogP contribution in [0.1, 0.15) is 10.4 Å². The summed E-state index contributed by atoms with van der Waals surface area (Å²) in [5.74, 6) is -1.19. The first-order valence-electron chi connectivity index (χ1n) is 9.41. The minimum atomic E-state index is -3.85. The normalized spacial score (nSPS) is 11.5. The van der Waals surface area contributed by atoms with Gasteiger partial charge in [-0.3, -0.25) is 4.79 Å². The molecule has 1 aromatic heterocycles. The van der Waals surface area contributed by atoms with E-state index >= 15 is 4.39 Å². The van der Waals surface area contributed by atoms with Gasteiger partial charge in [0.15, 0.2) is 0 Å². The maximum atomic E-state index is 15.1. The lowest BCUT2D eigenvalue weighted by molar-refractivity contribution is 0.0981. The van der Waals surface area contributed by atoms with E-state index in [1.807, 2.05) is 12.1 Å². The molecule has 0 unspecified atom stereocenters. The van der Waals surface area contributed by atoms with E-state index in [9.17, 15) is 13.2 Å². The Balaban J connectivity index is 1.88. The predicted molar refractivity (Wildman–Crippen MR) is 125 cm³/mol. The Morgan fingerprint density at radius 3 is 2.42 bits per heavy atom. The Bertz CT molecular complexity index is 1500. The third kappa shape index (κ3) is 4.66. The summed E-state index contributed by atoms with van der Waals surface area (Å²) in [5, 5.41) is 5.59. The van der Waals surface area contributed by atoms with Crippen molar-refractivity contribution in [1.29, 1.82) is 0 Å². The molecule has 33 heavy (non-hydrogen) atoms. The molecule has 0 saturated carbocycles. The molecule has 0 aliphatic rings. The number of halogens is 3. The molecule has 7 nitrogen and oxygen atoms in total. The average Bonchev–Trinajstić information content (AvgIpc) is 3.12. The molecule has 0 bridgehead atoms. The molecule has 11 heteroatoms. The third-order valence-corrected chi connectivity index (χ3v) is 5.90. The van der Waals surface area contributed by atoms with E-state index in [1.54, 1.807) is 42.2 Å². The van der Waals surface area contributed by atoms with Gasteiger partial charge in [0.25, 0.3) is 5.91 Å². The van der Waals surface area contributed by atoms with E-state index in [1.165, 1.54) is 10.7 Å². The second-order valence-corrected chi connectivity index (χ2v) is 9.73. The third-order valence-electron chi connectivity index (χ3n) is 4.79. The maximum Gasteiger partial charge on any atom is 0.266 e. The summed E-state index contributed by atoms with van der Waals surface area (Å²) in [7, 11) is -2.29. The van der Waals surface area contributed by atoms with E-state index in [4.69, 9.17) is 27.9 Å². The highest BCUT2D eigenvalue weighted by molar-refractivity contribution is 7.89. The Labute approximate surface area is 198 Å². The summed E-state index contributed by atoms with van der Waals surface area (Å²) in [4.78, 5) is 12.2. The number of aromatic nitrogens is 2. The van der Waals surface area contributed by atoms with Crippen molar-refractivity contribution in [3.63, 3.8) is 0 Å². The van der Waals surface area contributed by atoms with Gasteiger partial charge in [-0.2, -0.15) is 5.10 Å². The van der Waals surface area contributed by atoms with Crippen molar-refractivity contribution < 1.29 is 22.3 Å². The van der Waals surface area contributed by atoms with Crippen LogP contribution in [0.4, 0.5) is 4.39 Å². The van der Waals surface area contributed by atoms with Gasteiger partial charge >= 0.3 is 0 Å². The summed E-state index contributed by atoms with van der Waals surface area (Å²) in [5.41, 5.74) is 1.50. The molecule has 0 spiro atoms. The minimum absolute atomic E-state index is 0.0250. The second kappa shape index (κ2) is 8.66. The van der Waals surface area contributed by atoms with Gasteiger partial charge in [-0.05, 0) is 54.6 Å². The Morgan fingerprint density at radius 1 is 1.09 bits per heavy atom. The van der Waals surface area contributed by atoms with Crippen LogP contribution < -0.4 is 9.46 Å². The van der Waals surface area contributed by atoms with Crippen molar-refractivity contribution in [3.05, 3.63) is 76.0 Å². The lowest BCUT2D eigenvalue weighted by atomic mass is 10.1. The van der Waals surface area contributed by atoms with Gasteiger partial charge in [0.05, 0.1) is 29.5 Å². The van der Waals surface area contributed by atoms with Crippen molar-refractivity contribution in [2.24, 2.45) is 0 Å². The summed E-state index contributed by atoms with van der Waals surface area (Å²) < 4.78 is 46.1. The number of nitrogens with one attached hydrogen (secondary N) is 1. The smallest absolute Gasteiger partial charge is 0.266 e. The van der Waals surface area contributed by atoms with Crippen molar-refractivity contribution in [1.82, 2.24) is 14.5 Å². The van der Waals surface area contributed by atoms with Crippen LogP contribution in [-0.2, 0) is 10.0 Å². The van der Waals surface area contributed by atoms with Crippen LogP contribution in [0.25, 0.3) is 27.8 Å². The highest BCUT2D eigenvalue weighted by Crippen LogP contribution is 2.34. The van der Waals surface area contributed by atoms with Crippen molar-refractivity contribution in [2.75, 3.05) is 13.4 Å². The van der Waals surface area contributed by atoms with Gasteiger partial charge in [0.1, 0.15) is 22.9 Å². The summed E-state index contributed by atoms with van der Waals surface area (Å²) >= 11 is 12.4. The van der Waals surface area contributed by atoms with Gasteiger partial charge in [0.2, 0.25) is 10.0 Å².